The van der Waals surface area contributed by atoms with Gasteiger partial charge in [-0.2, -0.15) is 0 Å². The Kier molecular flexibility index (Phi) is 4.52. The summed E-state index contributed by atoms with van der Waals surface area (Å²) in [7, 11) is 0. The summed E-state index contributed by atoms with van der Waals surface area (Å²) in [4.78, 5) is 26.0. The molecule has 2 saturated heterocycles. The van der Waals surface area contributed by atoms with Gasteiger partial charge in [0.2, 0.25) is 0 Å². The summed E-state index contributed by atoms with van der Waals surface area (Å²) in [5, 5.41) is 3.03. The van der Waals surface area contributed by atoms with Crippen molar-refractivity contribution in [1.29, 1.82) is 0 Å². The molecule has 2 aliphatic heterocycles. The maximum absolute atomic E-state index is 12.3. The van der Waals surface area contributed by atoms with Gasteiger partial charge in [0.25, 0.3) is 11.5 Å². The maximum Gasteiger partial charge on any atom is 0.266 e. The summed E-state index contributed by atoms with van der Waals surface area (Å²) >= 11 is 5.76. The van der Waals surface area contributed by atoms with Gasteiger partial charge in [0.05, 0.1) is 11.2 Å². The zero-order valence-corrected chi connectivity index (χ0v) is 12.9. The minimum atomic E-state index is -0.398. The molecule has 0 aromatic carbocycles. The summed E-state index contributed by atoms with van der Waals surface area (Å²) in [5.41, 5.74) is -0.209. The molecule has 2 fully saturated rings. The molecule has 1 amide bonds. The molecule has 0 unspecified atom stereocenters. The molecule has 1 spiro atoms. The highest BCUT2D eigenvalue weighted by Crippen LogP contribution is 2.34. The number of amides is 1. The summed E-state index contributed by atoms with van der Waals surface area (Å²) < 4.78 is 11.4. The van der Waals surface area contributed by atoms with Gasteiger partial charge in [0.1, 0.15) is 5.02 Å². The zero-order chi connectivity index (χ0) is 15.6. The quantitative estimate of drug-likeness (QED) is 0.863. The van der Waals surface area contributed by atoms with Crippen molar-refractivity contribution in [2.75, 3.05) is 19.8 Å². The molecule has 1 aromatic heterocycles. The van der Waals surface area contributed by atoms with Crippen molar-refractivity contribution in [3.63, 3.8) is 0 Å². The molecule has 0 aliphatic carbocycles. The van der Waals surface area contributed by atoms with Gasteiger partial charge in [-0.3, -0.25) is 9.59 Å². The van der Waals surface area contributed by atoms with Gasteiger partial charge in [0, 0.05) is 32.1 Å². The molecule has 2 aliphatic rings. The van der Waals surface area contributed by atoms with Crippen molar-refractivity contribution < 1.29 is 14.3 Å². The highest BCUT2D eigenvalue weighted by atomic mass is 35.5. The molecule has 1 aromatic rings. The Labute approximate surface area is 133 Å². The average molecular weight is 327 g/mol. The summed E-state index contributed by atoms with van der Waals surface area (Å²) in [6.07, 6.45) is 4.69. The SMILES string of the molecule is O=C(N[C@H]1CCOC2(CCOCC2)C1)c1c[nH]c(=O)c(Cl)c1. The van der Waals surface area contributed by atoms with Crippen LogP contribution in [0.15, 0.2) is 17.1 Å². The van der Waals surface area contributed by atoms with Crippen LogP contribution in [-0.2, 0) is 9.47 Å². The zero-order valence-electron chi connectivity index (χ0n) is 12.2. The highest BCUT2D eigenvalue weighted by Gasteiger charge is 2.39. The number of carbonyl (C=O) groups is 1. The third kappa shape index (κ3) is 3.34. The van der Waals surface area contributed by atoms with E-state index in [0.717, 1.165) is 25.7 Å². The fraction of sp³-hybridized carbons (Fsp3) is 0.600. The van der Waals surface area contributed by atoms with E-state index in [1.54, 1.807) is 0 Å². The molecule has 0 bridgehead atoms. The molecule has 2 N–H and O–H groups in total. The summed E-state index contributed by atoms with van der Waals surface area (Å²) in [6.45, 7) is 2.05. The predicted octanol–water partition coefficient (Wildman–Crippen LogP) is 1.49. The number of aromatic nitrogens is 1. The van der Waals surface area contributed by atoms with Gasteiger partial charge >= 0.3 is 0 Å². The van der Waals surface area contributed by atoms with Crippen molar-refractivity contribution in [2.45, 2.75) is 37.3 Å². The van der Waals surface area contributed by atoms with Crippen molar-refractivity contribution >= 4 is 17.5 Å². The highest BCUT2D eigenvalue weighted by molar-refractivity contribution is 6.30. The van der Waals surface area contributed by atoms with Gasteiger partial charge in [0.15, 0.2) is 0 Å². The fourth-order valence-corrected chi connectivity index (χ4v) is 3.27. The summed E-state index contributed by atoms with van der Waals surface area (Å²) in [5.74, 6) is -0.229. The van der Waals surface area contributed by atoms with E-state index in [0.29, 0.717) is 25.4 Å². The van der Waals surface area contributed by atoms with Gasteiger partial charge < -0.3 is 19.8 Å². The molecule has 0 saturated carbocycles. The monoisotopic (exact) mass is 326 g/mol. The number of ether oxygens (including phenoxy) is 2. The smallest absolute Gasteiger partial charge is 0.266 e. The predicted molar refractivity (Wildman–Crippen MR) is 81.3 cm³/mol. The van der Waals surface area contributed by atoms with Gasteiger partial charge in [-0.1, -0.05) is 11.6 Å². The van der Waals surface area contributed by atoms with Crippen LogP contribution in [0, 0.1) is 0 Å². The van der Waals surface area contributed by atoms with Crippen LogP contribution in [0.5, 0.6) is 0 Å². The van der Waals surface area contributed by atoms with Crippen molar-refractivity contribution in [3.8, 4) is 0 Å². The molecule has 3 heterocycles. The van der Waals surface area contributed by atoms with E-state index in [4.69, 9.17) is 21.1 Å². The third-order valence-electron chi connectivity index (χ3n) is 4.35. The molecule has 22 heavy (non-hydrogen) atoms. The largest absolute Gasteiger partial charge is 0.381 e. The standard InChI is InChI=1S/C15H19ClN2O4/c16-12-7-10(9-17-14(12)20)13(19)18-11-1-4-22-15(8-11)2-5-21-6-3-15/h7,9,11H,1-6,8H2,(H,17,20)(H,18,19)/t11-/m0/s1. The van der Waals surface area contributed by atoms with Crippen LogP contribution in [0.3, 0.4) is 0 Å². The van der Waals surface area contributed by atoms with Crippen molar-refractivity contribution in [1.82, 2.24) is 10.3 Å². The maximum atomic E-state index is 12.3. The molecular weight excluding hydrogens is 308 g/mol. The second-order valence-electron chi connectivity index (χ2n) is 5.87. The molecule has 3 rings (SSSR count). The Morgan fingerprint density at radius 3 is 2.86 bits per heavy atom. The molecule has 1 atom stereocenters. The number of nitrogens with one attached hydrogen (secondary N) is 2. The lowest BCUT2D eigenvalue weighted by atomic mass is 9.84. The van der Waals surface area contributed by atoms with Gasteiger partial charge in [-0.25, -0.2) is 0 Å². The van der Waals surface area contributed by atoms with E-state index in [9.17, 15) is 9.59 Å². The number of carbonyl (C=O) groups excluding carboxylic acids is 1. The summed E-state index contributed by atoms with van der Waals surface area (Å²) in [6, 6.07) is 1.45. The van der Waals surface area contributed by atoms with Gasteiger partial charge in [-0.05, 0) is 31.7 Å². The van der Waals surface area contributed by atoms with Crippen molar-refractivity contribution in [2.24, 2.45) is 0 Å². The lowest BCUT2D eigenvalue weighted by Crippen LogP contribution is -2.51. The molecule has 120 valence electrons. The van der Waals surface area contributed by atoms with Crippen LogP contribution in [0.2, 0.25) is 5.02 Å². The Morgan fingerprint density at radius 1 is 1.36 bits per heavy atom. The topological polar surface area (TPSA) is 80.4 Å². The van der Waals surface area contributed by atoms with Crippen LogP contribution in [0.1, 0.15) is 36.0 Å². The van der Waals surface area contributed by atoms with Crippen LogP contribution in [-0.4, -0.2) is 42.4 Å². The Morgan fingerprint density at radius 2 is 2.14 bits per heavy atom. The number of H-pyrrole nitrogens is 1. The Hall–Kier alpha value is -1.37. The van der Waals surface area contributed by atoms with E-state index in [-0.39, 0.29) is 22.6 Å². The molecule has 0 radical (unpaired) electrons. The lowest BCUT2D eigenvalue weighted by molar-refractivity contribution is -0.139. The Balaban J connectivity index is 1.65. The number of pyridine rings is 1. The number of halogens is 1. The first-order chi connectivity index (χ1) is 10.6. The number of aromatic amines is 1. The third-order valence-corrected chi connectivity index (χ3v) is 4.63. The molecule has 7 heteroatoms. The van der Waals surface area contributed by atoms with E-state index in [1.807, 2.05) is 0 Å². The molecule has 6 nitrogen and oxygen atoms in total. The van der Waals surface area contributed by atoms with E-state index >= 15 is 0 Å². The van der Waals surface area contributed by atoms with E-state index < -0.39 is 5.56 Å². The van der Waals surface area contributed by atoms with Gasteiger partial charge in [-0.15, -0.1) is 0 Å². The lowest BCUT2D eigenvalue weighted by Gasteiger charge is -2.43. The first-order valence-electron chi connectivity index (χ1n) is 7.49. The van der Waals surface area contributed by atoms with Crippen LogP contribution in [0.4, 0.5) is 0 Å². The Bertz CT molecular complexity index is 604. The van der Waals surface area contributed by atoms with E-state index in [2.05, 4.69) is 10.3 Å². The second kappa shape index (κ2) is 6.40. The van der Waals surface area contributed by atoms with Crippen LogP contribution in [0.25, 0.3) is 0 Å². The van der Waals surface area contributed by atoms with Crippen molar-refractivity contribution in [3.05, 3.63) is 33.2 Å². The van der Waals surface area contributed by atoms with Crippen LogP contribution >= 0.6 is 11.6 Å². The average Bonchev–Trinajstić information content (AvgIpc) is 2.51. The van der Waals surface area contributed by atoms with E-state index in [1.165, 1.54) is 12.3 Å². The minimum absolute atomic E-state index is 0.0144. The first kappa shape index (κ1) is 15.5. The van der Waals surface area contributed by atoms with Crippen LogP contribution < -0.4 is 10.9 Å². The number of hydrogen-bond donors (Lipinski definition) is 2. The normalized spacial score (nSPS) is 24.1. The fourth-order valence-electron chi connectivity index (χ4n) is 3.10. The molecular formula is C15H19ClN2O4. The second-order valence-corrected chi connectivity index (χ2v) is 6.28. The first-order valence-corrected chi connectivity index (χ1v) is 7.87. The number of hydrogen-bond acceptors (Lipinski definition) is 4. The number of rotatable bonds is 2. The minimum Gasteiger partial charge on any atom is -0.381 e.